The van der Waals surface area contributed by atoms with Crippen molar-refractivity contribution in [1.29, 1.82) is 0 Å². The third-order valence-electron chi connectivity index (χ3n) is 7.41. The van der Waals surface area contributed by atoms with Crippen molar-refractivity contribution in [3.05, 3.63) is 60.0 Å². The Bertz CT molecular complexity index is 1100. The number of aryl methyl sites for hydroxylation is 2. The van der Waals surface area contributed by atoms with Gasteiger partial charge in [-0.15, -0.1) is 0 Å². The Morgan fingerprint density at radius 3 is 2.48 bits per heavy atom. The van der Waals surface area contributed by atoms with Gasteiger partial charge in [0.2, 0.25) is 0 Å². The number of ketones is 1. The number of carbonyl (C=O) groups excluding carboxylic acids is 1. The molecular formula is C28H36N2O. The lowest BCUT2D eigenvalue weighted by molar-refractivity contribution is -0.634. The molecule has 0 N–H and O–H groups in total. The minimum atomic E-state index is -0.376. The van der Waals surface area contributed by atoms with E-state index in [0.717, 1.165) is 35.3 Å². The number of carbonyl (C=O) groups is 1. The van der Waals surface area contributed by atoms with E-state index in [2.05, 4.69) is 93.7 Å². The lowest BCUT2D eigenvalue weighted by atomic mass is 9.67. The van der Waals surface area contributed by atoms with Gasteiger partial charge in [0.05, 0.1) is 25.2 Å². The summed E-state index contributed by atoms with van der Waals surface area (Å²) < 4.78 is 4.50. The minimum Gasteiger partial charge on any atom is -0.328 e. The molecule has 1 aromatic heterocycles. The van der Waals surface area contributed by atoms with Crippen molar-refractivity contribution in [1.82, 2.24) is 4.57 Å². The van der Waals surface area contributed by atoms with E-state index in [0.29, 0.717) is 11.8 Å². The fourth-order valence-electron chi connectivity index (χ4n) is 5.48. The van der Waals surface area contributed by atoms with Crippen LogP contribution in [-0.2, 0) is 14.1 Å². The number of rotatable bonds is 5. The summed E-state index contributed by atoms with van der Waals surface area (Å²) in [5, 5.41) is 0. The van der Waals surface area contributed by atoms with Gasteiger partial charge in [0.15, 0.2) is 16.8 Å². The molecule has 1 aliphatic carbocycles. The van der Waals surface area contributed by atoms with E-state index in [1.807, 2.05) is 6.07 Å². The maximum Gasteiger partial charge on any atom is 0.289 e. The van der Waals surface area contributed by atoms with E-state index in [1.165, 1.54) is 23.9 Å². The van der Waals surface area contributed by atoms with Crippen molar-refractivity contribution in [2.24, 2.45) is 25.4 Å². The first-order valence-electron chi connectivity index (χ1n) is 11.7. The Labute approximate surface area is 187 Å². The molecule has 1 saturated carbocycles. The Morgan fingerprint density at radius 1 is 1.16 bits per heavy atom. The Kier molecular flexibility index (Phi) is 5.81. The summed E-state index contributed by atoms with van der Waals surface area (Å²) >= 11 is 0. The second-order valence-electron chi connectivity index (χ2n) is 10.1. The van der Waals surface area contributed by atoms with Gasteiger partial charge in [0, 0.05) is 11.0 Å². The monoisotopic (exact) mass is 416 g/mol. The average molecular weight is 417 g/mol. The van der Waals surface area contributed by atoms with E-state index >= 15 is 0 Å². The van der Waals surface area contributed by atoms with E-state index in [9.17, 15) is 4.79 Å². The normalized spacial score (nSPS) is 17.5. The molecule has 1 unspecified atom stereocenters. The van der Waals surface area contributed by atoms with Gasteiger partial charge < -0.3 is 6.42 Å². The molecule has 164 valence electrons. The molecule has 3 heteroatoms. The highest BCUT2D eigenvalue weighted by atomic mass is 16.1. The van der Waals surface area contributed by atoms with Crippen LogP contribution < -0.4 is 4.57 Å². The number of benzene rings is 2. The number of nitrogens with zero attached hydrogens (tertiary/aromatic N) is 2. The van der Waals surface area contributed by atoms with Gasteiger partial charge >= 0.3 is 0 Å². The number of imidazole rings is 1. The van der Waals surface area contributed by atoms with Gasteiger partial charge in [-0.2, -0.15) is 12.8 Å². The van der Waals surface area contributed by atoms with Crippen molar-refractivity contribution in [2.45, 2.75) is 59.3 Å². The first-order chi connectivity index (χ1) is 14.7. The maximum absolute atomic E-state index is 14.0. The molecule has 1 aliphatic rings. The summed E-state index contributed by atoms with van der Waals surface area (Å²) in [5.41, 5.74) is 5.17. The number of Topliss-reactive ketones (excluding diaryl/α,β-unsaturated/α-hetero) is 1. The van der Waals surface area contributed by atoms with Crippen LogP contribution >= 0.6 is 0 Å². The zero-order chi connectivity index (χ0) is 22.3. The largest absolute Gasteiger partial charge is 0.328 e. The van der Waals surface area contributed by atoms with Crippen LogP contribution in [0.1, 0.15) is 75.2 Å². The fraction of sp³-hybridized carbons (Fsp3) is 0.464. The molecule has 1 atom stereocenters. The second kappa shape index (κ2) is 8.26. The number of hydrogen-bond donors (Lipinski definition) is 0. The van der Waals surface area contributed by atoms with E-state index < -0.39 is 0 Å². The predicted molar refractivity (Wildman–Crippen MR) is 128 cm³/mol. The third-order valence-corrected chi connectivity index (χ3v) is 7.41. The molecular weight excluding hydrogens is 380 g/mol. The highest BCUT2D eigenvalue weighted by molar-refractivity contribution is 6.09. The quantitative estimate of drug-likeness (QED) is 0.269. The van der Waals surface area contributed by atoms with Gasteiger partial charge in [-0.05, 0) is 24.1 Å². The lowest BCUT2D eigenvalue weighted by Gasteiger charge is -2.39. The Hall–Kier alpha value is -2.42. The molecule has 0 amide bonds. The summed E-state index contributed by atoms with van der Waals surface area (Å²) in [6.07, 6.45) is 6.93. The number of hydrogen-bond acceptors (Lipinski definition) is 1. The Morgan fingerprint density at radius 2 is 1.87 bits per heavy atom. The molecule has 0 bridgehead atoms. The van der Waals surface area contributed by atoms with Gasteiger partial charge in [-0.25, -0.2) is 9.13 Å². The summed E-state index contributed by atoms with van der Waals surface area (Å²) in [5.74, 6) is 2.19. The maximum atomic E-state index is 14.0. The molecule has 0 aliphatic heterocycles. The zero-order valence-corrected chi connectivity index (χ0v) is 19.9. The summed E-state index contributed by atoms with van der Waals surface area (Å²) in [7, 11) is 4.24. The molecule has 2 aromatic carbocycles. The van der Waals surface area contributed by atoms with Crippen molar-refractivity contribution in [3.63, 3.8) is 0 Å². The van der Waals surface area contributed by atoms with Crippen LogP contribution in [0.4, 0.5) is 0 Å². The molecule has 0 spiro atoms. The van der Waals surface area contributed by atoms with E-state index in [-0.39, 0.29) is 11.2 Å². The third kappa shape index (κ3) is 3.62. The molecule has 3 aromatic rings. The average Bonchev–Trinajstić information content (AvgIpc) is 3.04. The highest BCUT2D eigenvalue weighted by Gasteiger charge is 2.39. The van der Waals surface area contributed by atoms with Crippen LogP contribution in [-0.4, -0.2) is 10.4 Å². The van der Waals surface area contributed by atoms with Gasteiger partial charge in [0.25, 0.3) is 5.82 Å². The van der Waals surface area contributed by atoms with Crippen LogP contribution in [0.3, 0.4) is 0 Å². The lowest BCUT2D eigenvalue weighted by Crippen LogP contribution is -2.35. The highest BCUT2D eigenvalue weighted by Crippen LogP contribution is 2.42. The molecule has 0 radical (unpaired) electrons. The van der Waals surface area contributed by atoms with Crippen LogP contribution in [0.25, 0.3) is 22.4 Å². The van der Waals surface area contributed by atoms with Crippen molar-refractivity contribution in [2.75, 3.05) is 0 Å². The predicted octanol–water partition coefficient (Wildman–Crippen LogP) is 6.40. The number of aromatic nitrogens is 2. The smallest absolute Gasteiger partial charge is 0.289 e. The van der Waals surface area contributed by atoms with Crippen LogP contribution in [0.15, 0.2) is 42.5 Å². The van der Waals surface area contributed by atoms with Crippen molar-refractivity contribution >= 4 is 16.8 Å². The van der Waals surface area contributed by atoms with Crippen LogP contribution in [0, 0.1) is 17.8 Å². The minimum absolute atomic E-state index is 0.272. The van der Waals surface area contributed by atoms with Crippen LogP contribution in [0.5, 0.6) is 0 Å². The van der Waals surface area contributed by atoms with E-state index in [4.69, 9.17) is 0 Å². The fourth-order valence-corrected chi connectivity index (χ4v) is 5.48. The van der Waals surface area contributed by atoms with Crippen molar-refractivity contribution < 1.29 is 9.36 Å². The van der Waals surface area contributed by atoms with Gasteiger partial charge in [-0.1, -0.05) is 70.7 Å². The summed E-state index contributed by atoms with van der Waals surface area (Å²) in [4.78, 5) is 14.0. The SMILES string of the molecule is CC(C)c1ccc(C(=O)C(C)(C)C2C[CH-]CCC2)c2c1[n+](C)c(-c1ccccc1)n2C. The summed E-state index contributed by atoms with van der Waals surface area (Å²) in [6, 6.07) is 14.8. The molecule has 31 heavy (non-hydrogen) atoms. The Balaban J connectivity index is 1.95. The molecule has 1 heterocycles. The summed E-state index contributed by atoms with van der Waals surface area (Å²) in [6.45, 7) is 8.77. The molecule has 3 nitrogen and oxygen atoms in total. The standard InChI is InChI=1S/C28H36N2O/c1-19(2)22-17-18-23(26(31)28(3,4)21-15-11-8-12-16-21)25-24(22)29(5)27(30(25)6)20-13-9-7-10-14-20/h7,9-11,13-14,17-19,21H,8,12,15-16H2,1-6H3. The first kappa shape index (κ1) is 21.8. The first-order valence-corrected chi connectivity index (χ1v) is 11.7. The second-order valence-corrected chi connectivity index (χ2v) is 10.1. The molecule has 1 fully saturated rings. The van der Waals surface area contributed by atoms with Gasteiger partial charge in [-0.3, -0.25) is 4.79 Å². The molecule has 0 saturated heterocycles. The van der Waals surface area contributed by atoms with Crippen molar-refractivity contribution in [3.8, 4) is 11.4 Å². The zero-order valence-electron chi connectivity index (χ0n) is 19.9. The number of fused-ring (bicyclic) bond motifs is 1. The van der Waals surface area contributed by atoms with Gasteiger partial charge in [0.1, 0.15) is 0 Å². The van der Waals surface area contributed by atoms with E-state index in [1.54, 1.807) is 0 Å². The molecule has 4 rings (SSSR count). The van der Waals surface area contributed by atoms with Crippen LogP contribution in [0.2, 0.25) is 0 Å². The topological polar surface area (TPSA) is 25.9 Å².